The highest BCUT2D eigenvalue weighted by Gasteiger charge is 2.57. The molecule has 3 aliphatic rings. The number of rotatable bonds is 3. The third-order valence-electron chi connectivity index (χ3n) is 5.64. The predicted molar refractivity (Wildman–Crippen MR) is 99.7 cm³/mol. The second kappa shape index (κ2) is 7.59. The molecule has 1 N–H and O–H groups in total. The highest BCUT2D eigenvalue weighted by atomic mass is 32.2. The number of carbonyl (C=O) groups is 2. The van der Waals surface area contributed by atoms with E-state index in [1.54, 1.807) is 18.2 Å². The molecule has 1 aliphatic carbocycles. The zero-order valence-electron chi connectivity index (χ0n) is 15.5. The van der Waals surface area contributed by atoms with Crippen LogP contribution in [0.1, 0.15) is 44.1 Å². The van der Waals surface area contributed by atoms with Crippen molar-refractivity contribution in [1.82, 2.24) is 9.21 Å². The molecule has 1 aromatic rings. The lowest BCUT2D eigenvalue weighted by atomic mass is 9.86. The molecule has 0 aromatic heterocycles. The van der Waals surface area contributed by atoms with E-state index in [1.165, 1.54) is 4.31 Å². The van der Waals surface area contributed by atoms with Crippen LogP contribution >= 0.6 is 0 Å². The average Bonchev–Trinajstić information content (AvgIpc) is 3.38. The first-order valence-electron chi connectivity index (χ1n) is 9.35. The van der Waals surface area contributed by atoms with Crippen LogP contribution in [0.2, 0.25) is 0 Å². The van der Waals surface area contributed by atoms with Crippen LogP contribution in [0, 0.1) is 6.92 Å². The van der Waals surface area contributed by atoms with Crippen molar-refractivity contribution in [3.05, 3.63) is 29.8 Å². The summed E-state index contributed by atoms with van der Waals surface area (Å²) >= 11 is 0. The molecule has 1 atom stereocenters. The molecule has 3 fully saturated rings. The number of carbonyl (C=O) groups excluding carboxylic acids is 1. The van der Waals surface area contributed by atoms with Crippen LogP contribution in [0.15, 0.2) is 29.2 Å². The third-order valence-corrected chi connectivity index (χ3v) is 7.60. The van der Waals surface area contributed by atoms with Crippen molar-refractivity contribution in [2.45, 2.75) is 61.9 Å². The molecular formula is C19H26N2O5S. The first-order valence-corrected chi connectivity index (χ1v) is 10.8. The lowest BCUT2D eigenvalue weighted by Gasteiger charge is -2.44. The minimum atomic E-state index is -3.65. The van der Waals surface area contributed by atoms with Gasteiger partial charge in [0.15, 0.2) is 0 Å². The van der Waals surface area contributed by atoms with Crippen molar-refractivity contribution in [1.29, 1.82) is 0 Å². The topological polar surface area (TPSA) is 95.0 Å². The van der Waals surface area contributed by atoms with Crippen LogP contribution in [-0.2, 0) is 19.6 Å². The van der Waals surface area contributed by atoms with Crippen LogP contribution in [0.3, 0.4) is 0 Å². The van der Waals surface area contributed by atoms with E-state index in [1.807, 2.05) is 17.9 Å². The fourth-order valence-corrected chi connectivity index (χ4v) is 6.25. The van der Waals surface area contributed by atoms with E-state index < -0.39 is 15.6 Å². The second-order valence-electron chi connectivity index (χ2n) is 7.47. The molecule has 0 radical (unpaired) electrons. The van der Waals surface area contributed by atoms with Gasteiger partial charge in [0.05, 0.1) is 4.90 Å². The van der Waals surface area contributed by atoms with E-state index in [9.17, 15) is 13.2 Å². The minimum absolute atomic E-state index is 0.0463. The van der Waals surface area contributed by atoms with E-state index in [0.29, 0.717) is 30.3 Å². The zero-order valence-corrected chi connectivity index (χ0v) is 16.3. The molecule has 1 aromatic carbocycles. The molecule has 2 saturated heterocycles. The molecule has 148 valence electrons. The van der Waals surface area contributed by atoms with Gasteiger partial charge in [-0.3, -0.25) is 9.59 Å². The Balaban J connectivity index is 0.000000659. The van der Waals surface area contributed by atoms with Gasteiger partial charge in [0.25, 0.3) is 6.47 Å². The number of aryl methyl sites for hydroxylation is 1. The number of hydrogen-bond donors (Lipinski definition) is 1. The van der Waals surface area contributed by atoms with Crippen LogP contribution < -0.4 is 0 Å². The van der Waals surface area contributed by atoms with Gasteiger partial charge in [-0.1, -0.05) is 12.1 Å². The number of likely N-dealkylation sites (tertiary alicyclic amines) is 1. The van der Waals surface area contributed by atoms with E-state index in [2.05, 4.69) is 0 Å². The Labute approximate surface area is 160 Å². The van der Waals surface area contributed by atoms with Gasteiger partial charge in [-0.25, -0.2) is 8.42 Å². The summed E-state index contributed by atoms with van der Waals surface area (Å²) in [7, 11) is -3.65. The molecule has 2 heterocycles. The van der Waals surface area contributed by atoms with Crippen molar-refractivity contribution in [2.24, 2.45) is 0 Å². The standard InChI is InChI=1S/C18H24N2O3S.CH2O2/c1-14-5-2-6-16(13-14)24(22,23)20-12-4-10-18(20)9-3-11-19(17(18)21)15-7-8-15;2-1-3/h2,5-6,13,15H,3-4,7-12H2,1H3;1H,(H,2,3). The van der Waals surface area contributed by atoms with E-state index >= 15 is 0 Å². The summed E-state index contributed by atoms with van der Waals surface area (Å²) in [6.45, 7) is 2.86. The average molecular weight is 394 g/mol. The molecule has 1 spiro atoms. The van der Waals surface area contributed by atoms with Gasteiger partial charge in [0.2, 0.25) is 15.9 Å². The van der Waals surface area contributed by atoms with Crippen LogP contribution in [0.4, 0.5) is 0 Å². The van der Waals surface area contributed by atoms with Gasteiger partial charge >= 0.3 is 0 Å². The maximum absolute atomic E-state index is 13.3. The van der Waals surface area contributed by atoms with Gasteiger partial charge in [0, 0.05) is 19.1 Å². The second-order valence-corrected chi connectivity index (χ2v) is 9.33. The van der Waals surface area contributed by atoms with Crippen LogP contribution in [0.25, 0.3) is 0 Å². The Morgan fingerprint density at radius 1 is 1.19 bits per heavy atom. The van der Waals surface area contributed by atoms with Gasteiger partial charge in [-0.2, -0.15) is 4.31 Å². The van der Waals surface area contributed by atoms with Gasteiger partial charge < -0.3 is 10.0 Å². The third kappa shape index (κ3) is 3.60. The Hall–Kier alpha value is -1.93. The zero-order chi connectivity index (χ0) is 19.7. The number of piperidine rings is 1. The number of benzene rings is 1. The molecule has 27 heavy (non-hydrogen) atoms. The molecule has 2 aliphatic heterocycles. The van der Waals surface area contributed by atoms with E-state index in [4.69, 9.17) is 9.90 Å². The number of carboxylic acid groups (broad SMARTS) is 1. The fourth-order valence-electron chi connectivity index (χ4n) is 4.32. The molecule has 7 nitrogen and oxygen atoms in total. The number of hydrogen-bond acceptors (Lipinski definition) is 4. The molecule has 1 unspecified atom stereocenters. The van der Waals surface area contributed by atoms with Gasteiger partial charge in [0.1, 0.15) is 5.54 Å². The fraction of sp³-hybridized carbons (Fsp3) is 0.579. The highest BCUT2D eigenvalue weighted by molar-refractivity contribution is 7.89. The summed E-state index contributed by atoms with van der Waals surface area (Å²) in [5.41, 5.74) is 0.0718. The highest BCUT2D eigenvalue weighted by Crippen LogP contribution is 2.44. The minimum Gasteiger partial charge on any atom is -0.483 e. The molecule has 1 amide bonds. The summed E-state index contributed by atoms with van der Waals surface area (Å²) in [6.07, 6.45) is 5.08. The molecule has 1 saturated carbocycles. The first kappa shape index (κ1) is 19.8. The Morgan fingerprint density at radius 2 is 1.81 bits per heavy atom. The lowest BCUT2D eigenvalue weighted by Crippen LogP contribution is -2.61. The van der Waals surface area contributed by atoms with Crippen molar-refractivity contribution >= 4 is 22.4 Å². The maximum atomic E-state index is 13.3. The Bertz CT molecular complexity index is 821. The predicted octanol–water partition coefficient (Wildman–Crippen LogP) is 2.00. The Kier molecular flexibility index (Phi) is 5.58. The van der Waals surface area contributed by atoms with Gasteiger partial charge in [-0.15, -0.1) is 0 Å². The Morgan fingerprint density at radius 3 is 2.41 bits per heavy atom. The number of nitrogens with zero attached hydrogens (tertiary/aromatic N) is 2. The first-order chi connectivity index (χ1) is 12.9. The molecule has 0 bridgehead atoms. The molecule has 4 rings (SSSR count). The SMILES string of the molecule is Cc1cccc(S(=O)(=O)N2CCCC23CCCN(C2CC2)C3=O)c1.O=CO. The van der Waals surface area contributed by atoms with E-state index in [-0.39, 0.29) is 12.4 Å². The number of sulfonamides is 1. The molecular weight excluding hydrogens is 368 g/mol. The van der Waals surface area contributed by atoms with Crippen LogP contribution in [0.5, 0.6) is 0 Å². The summed E-state index contributed by atoms with van der Waals surface area (Å²) in [5.74, 6) is 0.0463. The van der Waals surface area contributed by atoms with E-state index in [0.717, 1.165) is 37.8 Å². The van der Waals surface area contributed by atoms with Crippen LogP contribution in [-0.4, -0.2) is 59.8 Å². The summed E-state index contributed by atoms with van der Waals surface area (Å²) in [6, 6.07) is 7.34. The number of amides is 1. The monoisotopic (exact) mass is 394 g/mol. The van der Waals surface area contributed by atoms with Gasteiger partial charge in [-0.05, 0) is 63.1 Å². The lowest BCUT2D eigenvalue weighted by molar-refractivity contribution is -0.145. The smallest absolute Gasteiger partial charge is 0.290 e. The quantitative estimate of drug-likeness (QED) is 0.791. The van der Waals surface area contributed by atoms with Crippen molar-refractivity contribution in [2.75, 3.05) is 13.1 Å². The summed E-state index contributed by atoms with van der Waals surface area (Å²) in [5, 5.41) is 6.89. The maximum Gasteiger partial charge on any atom is 0.290 e. The normalized spacial score (nSPS) is 26.0. The summed E-state index contributed by atoms with van der Waals surface area (Å²) in [4.78, 5) is 23.8. The van der Waals surface area contributed by atoms with Crippen molar-refractivity contribution in [3.8, 4) is 0 Å². The molecule has 8 heteroatoms. The van der Waals surface area contributed by atoms with Crippen molar-refractivity contribution < 1.29 is 23.1 Å². The largest absolute Gasteiger partial charge is 0.483 e. The van der Waals surface area contributed by atoms with Crippen molar-refractivity contribution in [3.63, 3.8) is 0 Å². The summed E-state index contributed by atoms with van der Waals surface area (Å²) < 4.78 is 28.0.